The molecule has 0 amide bonds. The van der Waals surface area contributed by atoms with Crippen molar-refractivity contribution >= 4 is 5.71 Å². The Bertz CT molecular complexity index is 1010. The van der Waals surface area contributed by atoms with Gasteiger partial charge in [0.25, 0.3) is 0 Å². The molecule has 32 heavy (non-hydrogen) atoms. The number of aliphatic hydroxyl groups excluding tert-OH is 3. The van der Waals surface area contributed by atoms with Crippen molar-refractivity contribution in [3.8, 4) is 5.75 Å². The van der Waals surface area contributed by atoms with Crippen LogP contribution >= 0.6 is 0 Å². The normalized spacial score (nSPS) is 32.2. The zero-order valence-corrected chi connectivity index (χ0v) is 18.4. The third-order valence-electron chi connectivity index (χ3n) is 6.49. The van der Waals surface area contributed by atoms with Gasteiger partial charge < -0.3 is 34.7 Å². The molecule has 2 saturated heterocycles. The SMILES string of the molecule is CCOc1ccc(Cc2cc(C34OCC(/C(C)=N/O)(O3)C(O)C(O)C4O)ccc2C)cc1. The fourth-order valence-electron chi connectivity index (χ4n) is 4.47. The van der Waals surface area contributed by atoms with Crippen molar-refractivity contribution in [2.75, 3.05) is 13.2 Å². The van der Waals surface area contributed by atoms with E-state index in [9.17, 15) is 20.5 Å². The molecule has 2 bridgehead atoms. The highest BCUT2D eigenvalue weighted by Crippen LogP contribution is 2.50. The van der Waals surface area contributed by atoms with Crippen LogP contribution in [0.25, 0.3) is 0 Å². The molecule has 2 aliphatic heterocycles. The van der Waals surface area contributed by atoms with Crippen LogP contribution < -0.4 is 4.74 Å². The summed E-state index contributed by atoms with van der Waals surface area (Å²) < 4.78 is 17.5. The minimum absolute atomic E-state index is 0.0551. The van der Waals surface area contributed by atoms with Crippen molar-refractivity contribution in [1.29, 1.82) is 0 Å². The van der Waals surface area contributed by atoms with Crippen LogP contribution in [0.15, 0.2) is 47.6 Å². The highest BCUT2D eigenvalue weighted by molar-refractivity contribution is 5.91. The molecule has 2 heterocycles. The third-order valence-corrected chi connectivity index (χ3v) is 6.49. The molecule has 2 fully saturated rings. The fourth-order valence-corrected chi connectivity index (χ4v) is 4.47. The second-order valence-electron chi connectivity index (χ2n) is 8.41. The topological polar surface area (TPSA) is 121 Å². The second kappa shape index (κ2) is 8.46. The molecule has 2 aliphatic rings. The van der Waals surface area contributed by atoms with E-state index in [1.807, 2.05) is 50.2 Å². The van der Waals surface area contributed by atoms with Crippen LogP contribution in [0.4, 0.5) is 0 Å². The molecule has 4 N–H and O–H groups in total. The molecule has 2 aromatic carbocycles. The fraction of sp³-hybridized carbons (Fsp3) is 0.458. The van der Waals surface area contributed by atoms with Gasteiger partial charge in [-0.3, -0.25) is 0 Å². The van der Waals surface area contributed by atoms with Gasteiger partial charge in [0.05, 0.1) is 18.9 Å². The Labute approximate surface area is 186 Å². The average molecular weight is 443 g/mol. The highest BCUT2D eigenvalue weighted by Gasteiger charge is 2.68. The smallest absolute Gasteiger partial charge is 0.225 e. The van der Waals surface area contributed by atoms with Gasteiger partial charge >= 0.3 is 0 Å². The van der Waals surface area contributed by atoms with E-state index < -0.39 is 29.7 Å². The monoisotopic (exact) mass is 443 g/mol. The summed E-state index contributed by atoms with van der Waals surface area (Å²) in [6.45, 7) is 5.82. The molecule has 0 aliphatic carbocycles. The first kappa shape index (κ1) is 22.7. The molecule has 5 unspecified atom stereocenters. The number of oxime groups is 1. The lowest BCUT2D eigenvalue weighted by Gasteiger charge is -2.46. The summed E-state index contributed by atoms with van der Waals surface area (Å²) in [5, 5.41) is 44.5. The third kappa shape index (κ3) is 3.48. The number of nitrogens with zero attached hydrogens (tertiary/aromatic N) is 1. The number of hydrogen-bond donors (Lipinski definition) is 4. The number of ether oxygens (including phenoxy) is 3. The maximum Gasteiger partial charge on any atom is 0.225 e. The van der Waals surface area contributed by atoms with E-state index in [-0.39, 0.29) is 12.3 Å². The predicted octanol–water partition coefficient (Wildman–Crippen LogP) is 1.87. The zero-order valence-electron chi connectivity index (χ0n) is 18.4. The van der Waals surface area contributed by atoms with Gasteiger partial charge in [-0.2, -0.15) is 0 Å². The number of aryl methyl sites for hydroxylation is 1. The van der Waals surface area contributed by atoms with Crippen molar-refractivity contribution < 1.29 is 34.7 Å². The maximum atomic E-state index is 10.9. The predicted molar refractivity (Wildman–Crippen MR) is 116 cm³/mol. The Morgan fingerprint density at radius 1 is 1.12 bits per heavy atom. The van der Waals surface area contributed by atoms with Crippen LogP contribution in [0.1, 0.15) is 36.1 Å². The van der Waals surface area contributed by atoms with Crippen molar-refractivity contribution in [1.82, 2.24) is 0 Å². The van der Waals surface area contributed by atoms with E-state index in [0.29, 0.717) is 18.6 Å². The summed E-state index contributed by atoms with van der Waals surface area (Å²) >= 11 is 0. The minimum atomic E-state index is -1.70. The molecular weight excluding hydrogens is 414 g/mol. The van der Waals surface area contributed by atoms with Gasteiger partial charge in [-0.15, -0.1) is 0 Å². The molecule has 172 valence electrons. The van der Waals surface area contributed by atoms with Crippen molar-refractivity contribution in [2.45, 2.75) is 56.9 Å². The highest BCUT2D eigenvalue weighted by atomic mass is 16.8. The number of aliphatic hydroxyl groups is 3. The quantitative estimate of drug-likeness (QED) is 0.306. The van der Waals surface area contributed by atoms with Crippen LogP contribution in [0, 0.1) is 6.92 Å². The molecule has 0 saturated carbocycles. The molecule has 2 aromatic rings. The first-order chi connectivity index (χ1) is 15.3. The standard InChI is InChI=1S/C24H29NO7/c1-4-30-19-9-6-16(7-10-19)11-17-12-18(8-5-14(17)2)24-22(28)20(26)21(27)23(32-24,13-31-24)15(3)25-29/h5-10,12,20-22,26-29H,4,11,13H2,1-3H3/b25-15+. The van der Waals surface area contributed by atoms with Gasteiger partial charge in [0, 0.05) is 5.56 Å². The number of benzene rings is 2. The lowest BCUT2D eigenvalue weighted by molar-refractivity contribution is -0.313. The van der Waals surface area contributed by atoms with Gasteiger partial charge in [0.2, 0.25) is 5.79 Å². The first-order valence-corrected chi connectivity index (χ1v) is 10.7. The lowest BCUT2D eigenvalue weighted by Crippen LogP contribution is -2.66. The molecule has 0 spiro atoms. The van der Waals surface area contributed by atoms with Gasteiger partial charge in [-0.1, -0.05) is 29.4 Å². The number of hydrogen-bond acceptors (Lipinski definition) is 8. The molecule has 8 heteroatoms. The van der Waals surface area contributed by atoms with Gasteiger partial charge in [-0.05, 0) is 62.1 Å². The molecule has 4 rings (SSSR count). The maximum absolute atomic E-state index is 10.9. The Balaban J connectivity index is 1.69. The summed E-state index contributed by atoms with van der Waals surface area (Å²) in [5.41, 5.74) is 2.12. The van der Waals surface area contributed by atoms with E-state index in [4.69, 9.17) is 14.2 Å². The summed E-state index contributed by atoms with van der Waals surface area (Å²) in [7, 11) is 0. The summed E-state index contributed by atoms with van der Waals surface area (Å²) in [6.07, 6.45) is -3.98. The van der Waals surface area contributed by atoms with Crippen molar-refractivity contribution in [2.24, 2.45) is 5.16 Å². The Morgan fingerprint density at radius 2 is 1.84 bits per heavy atom. The molecule has 5 atom stereocenters. The summed E-state index contributed by atoms with van der Waals surface area (Å²) in [4.78, 5) is 0. The van der Waals surface area contributed by atoms with Crippen LogP contribution in [-0.4, -0.2) is 63.4 Å². The van der Waals surface area contributed by atoms with Crippen LogP contribution in [0.2, 0.25) is 0 Å². The van der Waals surface area contributed by atoms with Gasteiger partial charge in [0.15, 0.2) is 5.60 Å². The van der Waals surface area contributed by atoms with Crippen LogP contribution in [-0.2, 0) is 21.7 Å². The van der Waals surface area contributed by atoms with Crippen LogP contribution in [0.5, 0.6) is 5.75 Å². The Hall–Kier alpha value is -2.49. The lowest BCUT2D eigenvalue weighted by atomic mass is 9.81. The van der Waals surface area contributed by atoms with Crippen LogP contribution in [0.3, 0.4) is 0 Å². The minimum Gasteiger partial charge on any atom is -0.494 e. The van der Waals surface area contributed by atoms with E-state index in [0.717, 1.165) is 22.4 Å². The van der Waals surface area contributed by atoms with E-state index >= 15 is 0 Å². The molecule has 0 radical (unpaired) electrons. The number of rotatable bonds is 6. The zero-order chi connectivity index (χ0) is 23.1. The van der Waals surface area contributed by atoms with E-state index in [2.05, 4.69) is 5.16 Å². The molecular formula is C24H29NO7. The van der Waals surface area contributed by atoms with Crippen molar-refractivity contribution in [3.63, 3.8) is 0 Å². The largest absolute Gasteiger partial charge is 0.494 e. The van der Waals surface area contributed by atoms with Gasteiger partial charge in [0.1, 0.15) is 24.1 Å². The molecule has 0 aromatic heterocycles. The number of fused-ring (bicyclic) bond motifs is 2. The summed E-state index contributed by atoms with van der Waals surface area (Å²) in [5.74, 6) is -0.894. The second-order valence-corrected chi connectivity index (χ2v) is 8.41. The average Bonchev–Trinajstić information content (AvgIpc) is 3.19. The Morgan fingerprint density at radius 3 is 2.50 bits per heavy atom. The summed E-state index contributed by atoms with van der Waals surface area (Å²) in [6, 6.07) is 13.4. The first-order valence-electron chi connectivity index (χ1n) is 10.7. The van der Waals surface area contributed by atoms with Crippen molar-refractivity contribution in [3.05, 3.63) is 64.7 Å². The van der Waals surface area contributed by atoms with E-state index in [1.54, 1.807) is 6.07 Å². The van der Waals surface area contributed by atoms with E-state index in [1.165, 1.54) is 6.92 Å². The Kier molecular flexibility index (Phi) is 6.00. The van der Waals surface area contributed by atoms with Gasteiger partial charge in [-0.25, -0.2) is 0 Å². The molecule has 8 nitrogen and oxygen atoms in total.